The molecule has 5 heteroatoms. The van der Waals surface area contributed by atoms with Crippen LogP contribution in [0.4, 0.5) is 0 Å². The molecule has 136 valence electrons. The minimum atomic E-state index is -0.252. The largest absolute Gasteiger partial charge is 0.368 e. The lowest BCUT2D eigenvalue weighted by molar-refractivity contribution is -0.146. The molecule has 0 N–H and O–H groups in total. The molecule has 5 nitrogen and oxygen atoms in total. The van der Waals surface area contributed by atoms with Gasteiger partial charge in [-0.1, -0.05) is 30.3 Å². The molecule has 0 bridgehead atoms. The summed E-state index contributed by atoms with van der Waals surface area (Å²) < 4.78 is 5.50. The average molecular weight is 344 g/mol. The Hall–Kier alpha value is -1.88. The van der Waals surface area contributed by atoms with Crippen LogP contribution in [0.2, 0.25) is 0 Å². The van der Waals surface area contributed by atoms with E-state index in [1.165, 1.54) is 0 Å². The monoisotopic (exact) mass is 344 g/mol. The number of piperidine rings is 1. The number of carbonyl (C=O) groups excluding carboxylic acids is 2. The van der Waals surface area contributed by atoms with Crippen LogP contribution >= 0.6 is 0 Å². The van der Waals surface area contributed by atoms with E-state index >= 15 is 0 Å². The van der Waals surface area contributed by atoms with Gasteiger partial charge in [0.2, 0.25) is 5.91 Å². The van der Waals surface area contributed by atoms with Gasteiger partial charge < -0.3 is 14.5 Å². The number of rotatable bonds is 5. The SMILES string of the molecule is CCN(Cc1ccccc1)C(=O)C1CCN(C(=O)C2CCCO2)CC1. The van der Waals surface area contributed by atoms with Crippen LogP contribution in [0.25, 0.3) is 0 Å². The molecule has 1 aromatic carbocycles. The highest BCUT2D eigenvalue weighted by atomic mass is 16.5. The van der Waals surface area contributed by atoms with Crippen molar-refractivity contribution >= 4 is 11.8 Å². The first-order valence-electron chi connectivity index (χ1n) is 9.42. The standard InChI is InChI=1S/C20H28N2O3/c1-2-21(15-16-7-4-3-5-8-16)19(23)17-10-12-22(13-11-17)20(24)18-9-6-14-25-18/h3-5,7-8,17-18H,2,6,9-15H2,1H3. The van der Waals surface area contributed by atoms with Crippen molar-refractivity contribution < 1.29 is 14.3 Å². The Balaban J connectivity index is 1.52. The van der Waals surface area contributed by atoms with Gasteiger partial charge in [0.25, 0.3) is 5.91 Å². The molecule has 0 aromatic heterocycles. The molecule has 0 spiro atoms. The van der Waals surface area contributed by atoms with Crippen LogP contribution in [-0.4, -0.2) is 54.0 Å². The van der Waals surface area contributed by atoms with Gasteiger partial charge in [-0.25, -0.2) is 0 Å². The Morgan fingerprint density at radius 2 is 1.88 bits per heavy atom. The molecule has 3 rings (SSSR count). The Morgan fingerprint density at radius 1 is 1.16 bits per heavy atom. The highest BCUT2D eigenvalue weighted by Gasteiger charge is 2.33. The van der Waals surface area contributed by atoms with E-state index < -0.39 is 0 Å². The number of hydrogen-bond donors (Lipinski definition) is 0. The summed E-state index contributed by atoms with van der Waals surface area (Å²) in [5.41, 5.74) is 1.16. The quantitative estimate of drug-likeness (QED) is 0.824. The maximum Gasteiger partial charge on any atom is 0.251 e. The van der Waals surface area contributed by atoms with Gasteiger partial charge in [-0.15, -0.1) is 0 Å². The first-order chi connectivity index (χ1) is 12.2. The molecular weight excluding hydrogens is 316 g/mol. The fraction of sp³-hybridized carbons (Fsp3) is 0.600. The number of amides is 2. The lowest BCUT2D eigenvalue weighted by Crippen LogP contribution is -2.47. The van der Waals surface area contributed by atoms with E-state index in [0.717, 1.165) is 31.2 Å². The van der Waals surface area contributed by atoms with E-state index in [1.54, 1.807) is 0 Å². The van der Waals surface area contributed by atoms with Gasteiger partial charge in [0.1, 0.15) is 6.10 Å². The van der Waals surface area contributed by atoms with Crippen LogP contribution in [0.15, 0.2) is 30.3 Å². The summed E-state index contributed by atoms with van der Waals surface area (Å²) >= 11 is 0. The summed E-state index contributed by atoms with van der Waals surface area (Å²) in [6.07, 6.45) is 3.05. The molecule has 1 unspecified atom stereocenters. The zero-order valence-corrected chi connectivity index (χ0v) is 15.0. The Labute approximate surface area is 149 Å². The molecule has 0 aliphatic carbocycles. The summed E-state index contributed by atoms with van der Waals surface area (Å²) in [5.74, 6) is 0.354. The first-order valence-corrected chi connectivity index (χ1v) is 9.42. The summed E-state index contributed by atoms with van der Waals surface area (Å²) in [6, 6.07) is 10.1. The van der Waals surface area contributed by atoms with Gasteiger partial charge in [-0.05, 0) is 38.2 Å². The van der Waals surface area contributed by atoms with Gasteiger partial charge in [-0.3, -0.25) is 9.59 Å². The van der Waals surface area contributed by atoms with E-state index in [0.29, 0.717) is 32.8 Å². The second-order valence-electron chi connectivity index (χ2n) is 6.94. The maximum atomic E-state index is 12.9. The molecular formula is C20H28N2O3. The second kappa shape index (κ2) is 8.48. The number of nitrogens with zero attached hydrogens (tertiary/aromatic N) is 2. The smallest absolute Gasteiger partial charge is 0.251 e. The Bertz CT molecular complexity index is 576. The van der Waals surface area contributed by atoms with E-state index in [1.807, 2.05) is 34.9 Å². The first kappa shape index (κ1) is 17.9. The van der Waals surface area contributed by atoms with E-state index in [-0.39, 0.29) is 23.8 Å². The highest BCUT2D eigenvalue weighted by Crippen LogP contribution is 2.23. The lowest BCUT2D eigenvalue weighted by atomic mass is 9.94. The number of ether oxygens (including phenoxy) is 1. The minimum absolute atomic E-state index is 0.0252. The van der Waals surface area contributed by atoms with Crippen LogP contribution in [-0.2, 0) is 20.9 Å². The third-order valence-corrected chi connectivity index (χ3v) is 5.27. The summed E-state index contributed by atoms with van der Waals surface area (Å²) in [5, 5.41) is 0. The molecule has 2 aliphatic rings. The highest BCUT2D eigenvalue weighted by molar-refractivity contribution is 5.82. The topological polar surface area (TPSA) is 49.9 Å². The normalized spacial score (nSPS) is 21.3. The second-order valence-corrected chi connectivity index (χ2v) is 6.94. The van der Waals surface area contributed by atoms with Crippen molar-refractivity contribution in [1.82, 2.24) is 9.80 Å². The predicted octanol–water partition coefficient (Wildman–Crippen LogP) is 2.45. The van der Waals surface area contributed by atoms with E-state index in [9.17, 15) is 9.59 Å². The average Bonchev–Trinajstić information content (AvgIpc) is 3.21. The van der Waals surface area contributed by atoms with Crippen molar-refractivity contribution in [1.29, 1.82) is 0 Å². The molecule has 1 atom stereocenters. The van der Waals surface area contributed by atoms with Crippen LogP contribution < -0.4 is 0 Å². The molecule has 2 aliphatic heterocycles. The van der Waals surface area contributed by atoms with Gasteiger partial charge in [0.05, 0.1) is 0 Å². The summed E-state index contributed by atoms with van der Waals surface area (Å²) in [7, 11) is 0. The van der Waals surface area contributed by atoms with Gasteiger partial charge >= 0.3 is 0 Å². The molecule has 2 heterocycles. The van der Waals surface area contributed by atoms with E-state index in [2.05, 4.69) is 12.1 Å². The van der Waals surface area contributed by atoms with Crippen LogP contribution in [0.5, 0.6) is 0 Å². The van der Waals surface area contributed by atoms with Crippen LogP contribution in [0.3, 0.4) is 0 Å². The fourth-order valence-corrected chi connectivity index (χ4v) is 3.73. The van der Waals surface area contributed by atoms with Crippen molar-refractivity contribution in [2.24, 2.45) is 5.92 Å². The number of likely N-dealkylation sites (tertiary alicyclic amines) is 1. The molecule has 0 radical (unpaired) electrons. The van der Waals surface area contributed by atoms with Gasteiger partial charge in [0, 0.05) is 38.7 Å². The molecule has 25 heavy (non-hydrogen) atoms. The third kappa shape index (κ3) is 4.40. The summed E-state index contributed by atoms with van der Waals surface area (Å²) in [6.45, 7) is 5.41. The van der Waals surface area contributed by atoms with Crippen molar-refractivity contribution in [3.05, 3.63) is 35.9 Å². The number of hydrogen-bond acceptors (Lipinski definition) is 3. The molecule has 2 saturated heterocycles. The van der Waals surface area contributed by atoms with Crippen molar-refractivity contribution in [3.63, 3.8) is 0 Å². The molecule has 1 aromatic rings. The number of benzene rings is 1. The van der Waals surface area contributed by atoms with Crippen molar-refractivity contribution in [2.45, 2.75) is 45.3 Å². The predicted molar refractivity (Wildman–Crippen MR) is 95.8 cm³/mol. The van der Waals surface area contributed by atoms with Crippen LogP contribution in [0, 0.1) is 5.92 Å². The minimum Gasteiger partial charge on any atom is -0.368 e. The molecule has 2 fully saturated rings. The summed E-state index contributed by atoms with van der Waals surface area (Å²) in [4.78, 5) is 29.1. The third-order valence-electron chi connectivity index (χ3n) is 5.27. The maximum absolute atomic E-state index is 12.9. The van der Waals surface area contributed by atoms with E-state index in [4.69, 9.17) is 4.74 Å². The number of carbonyl (C=O) groups is 2. The van der Waals surface area contributed by atoms with Crippen molar-refractivity contribution in [2.75, 3.05) is 26.2 Å². The fourth-order valence-electron chi connectivity index (χ4n) is 3.73. The van der Waals surface area contributed by atoms with Gasteiger partial charge in [0.15, 0.2) is 0 Å². The zero-order chi connectivity index (χ0) is 17.6. The molecule has 0 saturated carbocycles. The molecule has 2 amide bonds. The Kier molecular flexibility index (Phi) is 6.08. The lowest BCUT2D eigenvalue weighted by Gasteiger charge is -2.35. The van der Waals surface area contributed by atoms with Gasteiger partial charge in [-0.2, -0.15) is 0 Å². The van der Waals surface area contributed by atoms with Crippen LogP contribution in [0.1, 0.15) is 38.2 Å². The Morgan fingerprint density at radius 3 is 2.48 bits per heavy atom. The van der Waals surface area contributed by atoms with Crippen molar-refractivity contribution in [3.8, 4) is 0 Å². The zero-order valence-electron chi connectivity index (χ0n) is 15.0.